The molecule has 1 saturated heterocycles. The lowest BCUT2D eigenvalue weighted by Gasteiger charge is -2.49. The largest absolute Gasteiger partial charge is 0.311 e. The summed E-state index contributed by atoms with van der Waals surface area (Å²) in [5.41, 5.74) is 1.48. The van der Waals surface area contributed by atoms with Gasteiger partial charge in [0, 0.05) is 37.4 Å². The number of piperazine rings is 1. The van der Waals surface area contributed by atoms with Gasteiger partial charge in [0.05, 0.1) is 5.69 Å². The Bertz CT molecular complexity index is 386. The smallest absolute Gasteiger partial charge is 0.0544 e. The number of hydrogen-bond acceptors (Lipinski definition) is 3. The molecule has 2 rings (SSSR count). The molecule has 20 heavy (non-hydrogen) atoms. The lowest BCUT2D eigenvalue weighted by Crippen LogP contribution is -2.63. The SMILES string of the molecule is CCCC1CN(Cc2ccccn2)C(CC)(CC)CN1. The molecule has 3 heteroatoms. The average Bonchev–Trinajstić information content (AvgIpc) is 2.50. The Balaban J connectivity index is 2.13. The van der Waals surface area contributed by atoms with E-state index < -0.39 is 0 Å². The number of rotatable bonds is 6. The zero-order valence-electron chi connectivity index (χ0n) is 13.2. The van der Waals surface area contributed by atoms with Crippen LogP contribution in [0.3, 0.4) is 0 Å². The second-order valence-electron chi connectivity index (χ2n) is 6.00. The zero-order chi connectivity index (χ0) is 14.4. The number of pyridine rings is 1. The zero-order valence-corrected chi connectivity index (χ0v) is 13.2. The van der Waals surface area contributed by atoms with Gasteiger partial charge in [-0.2, -0.15) is 0 Å². The molecule has 0 bridgehead atoms. The van der Waals surface area contributed by atoms with E-state index in [0.717, 1.165) is 19.6 Å². The molecule has 1 aliphatic rings. The van der Waals surface area contributed by atoms with Gasteiger partial charge in [-0.25, -0.2) is 0 Å². The molecular weight excluding hydrogens is 246 g/mol. The molecule has 1 aliphatic heterocycles. The second-order valence-corrected chi connectivity index (χ2v) is 6.00. The lowest BCUT2D eigenvalue weighted by molar-refractivity contribution is 0.0218. The van der Waals surface area contributed by atoms with Crippen LogP contribution in [0.1, 0.15) is 52.1 Å². The molecule has 0 amide bonds. The van der Waals surface area contributed by atoms with Gasteiger partial charge in [-0.05, 0) is 31.4 Å². The molecule has 3 nitrogen and oxygen atoms in total. The Morgan fingerprint density at radius 2 is 2.10 bits per heavy atom. The maximum absolute atomic E-state index is 4.52. The molecular formula is C17H29N3. The standard InChI is InChI=1S/C17H29N3/c1-4-9-15-12-20(13-16-10-7-8-11-18-16)17(5-2,6-3)14-19-15/h7-8,10-11,15,19H,4-6,9,12-14H2,1-3H3. The fraction of sp³-hybridized carbons (Fsp3) is 0.706. The summed E-state index contributed by atoms with van der Waals surface area (Å²) in [7, 11) is 0. The minimum absolute atomic E-state index is 0.293. The van der Waals surface area contributed by atoms with Crippen LogP contribution in [0.5, 0.6) is 0 Å². The summed E-state index contributed by atoms with van der Waals surface area (Å²) in [4.78, 5) is 7.19. The van der Waals surface area contributed by atoms with E-state index in [2.05, 4.69) is 48.1 Å². The first-order chi connectivity index (χ1) is 9.74. The third-order valence-electron chi connectivity index (χ3n) is 4.86. The van der Waals surface area contributed by atoms with Gasteiger partial charge in [-0.15, -0.1) is 0 Å². The van der Waals surface area contributed by atoms with Gasteiger partial charge in [0.15, 0.2) is 0 Å². The maximum Gasteiger partial charge on any atom is 0.0544 e. The van der Waals surface area contributed by atoms with Crippen LogP contribution < -0.4 is 5.32 Å². The normalized spacial score (nSPS) is 22.9. The van der Waals surface area contributed by atoms with Gasteiger partial charge in [-0.3, -0.25) is 9.88 Å². The van der Waals surface area contributed by atoms with Crippen LogP contribution >= 0.6 is 0 Å². The third-order valence-corrected chi connectivity index (χ3v) is 4.86. The van der Waals surface area contributed by atoms with Gasteiger partial charge in [0.25, 0.3) is 0 Å². The van der Waals surface area contributed by atoms with E-state index in [4.69, 9.17) is 0 Å². The molecule has 1 aromatic rings. The van der Waals surface area contributed by atoms with Gasteiger partial charge < -0.3 is 5.32 Å². The van der Waals surface area contributed by atoms with Gasteiger partial charge in [-0.1, -0.05) is 33.3 Å². The topological polar surface area (TPSA) is 28.2 Å². The number of hydrogen-bond donors (Lipinski definition) is 1. The summed E-state index contributed by atoms with van der Waals surface area (Å²) in [5, 5.41) is 3.77. The Kier molecular flexibility index (Phi) is 5.55. The Morgan fingerprint density at radius 1 is 1.30 bits per heavy atom. The van der Waals surface area contributed by atoms with Gasteiger partial charge in [0.1, 0.15) is 0 Å². The first-order valence-electron chi connectivity index (χ1n) is 8.12. The molecule has 2 heterocycles. The van der Waals surface area contributed by atoms with E-state index in [0.29, 0.717) is 11.6 Å². The molecule has 1 N–H and O–H groups in total. The number of nitrogens with one attached hydrogen (secondary N) is 1. The van der Waals surface area contributed by atoms with Crippen molar-refractivity contribution < 1.29 is 0 Å². The fourth-order valence-corrected chi connectivity index (χ4v) is 3.38. The van der Waals surface area contributed by atoms with E-state index in [1.807, 2.05) is 12.3 Å². The number of aromatic nitrogens is 1. The highest BCUT2D eigenvalue weighted by molar-refractivity contribution is 5.06. The van der Waals surface area contributed by atoms with Crippen LogP contribution in [0.15, 0.2) is 24.4 Å². The first kappa shape index (κ1) is 15.5. The van der Waals surface area contributed by atoms with Crippen LogP contribution in [0.4, 0.5) is 0 Å². The van der Waals surface area contributed by atoms with E-state index >= 15 is 0 Å². The minimum atomic E-state index is 0.293. The molecule has 0 spiro atoms. The van der Waals surface area contributed by atoms with Crippen LogP contribution in [0.25, 0.3) is 0 Å². The molecule has 1 aromatic heterocycles. The lowest BCUT2D eigenvalue weighted by atomic mass is 9.86. The highest BCUT2D eigenvalue weighted by Gasteiger charge is 2.38. The summed E-state index contributed by atoms with van der Waals surface area (Å²) in [5.74, 6) is 0. The van der Waals surface area contributed by atoms with Crippen LogP contribution in [0.2, 0.25) is 0 Å². The summed E-state index contributed by atoms with van der Waals surface area (Å²) >= 11 is 0. The van der Waals surface area contributed by atoms with Crippen molar-refractivity contribution in [3.63, 3.8) is 0 Å². The van der Waals surface area contributed by atoms with Crippen LogP contribution in [0, 0.1) is 0 Å². The van der Waals surface area contributed by atoms with Gasteiger partial charge in [0.2, 0.25) is 0 Å². The predicted octanol–water partition coefficient (Wildman–Crippen LogP) is 3.21. The molecule has 1 unspecified atom stereocenters. The molecule has 112 valence electrons. The fourth-order valence-electron chi connectivity index (χ4n) is 3.38. The monoisotopic (exact) mass is 275 g/mol. The highest BCUT2D eigenvalue weighted by atomic mass is 15.3. The summed E-state index contributed by atoms with van der Waals surface area (Å²) in [6.07, 6.45) is 6.81. The summed E-state index contributed by atoms with van der Waals surface area (Å²) in [6, 6.07) is 6.86. The maximum atomic E-state index is 4.52. The Hall–Kier alpha value is -0.930. The Labute approximate surface area is 123 Å². The quantitative estimate of drug-likeness (QED) is 0.864. The van der Waals surface area contributed by atoms with E-state index in [1.165, 1.54) is 31.4 Å². The molecule has 1 atom stereocenters. The third kappa shape index (κ3) is 3.39. The minimum Gasteiger partial charge on any atom is -0.311 e. The Morgan fingerprint density at radius 3 is 2.70 bits per heavy atom. The molecule has 0 aromatic carbocycles. The average molecular weight is 275 g/mol. The van der Waals surface area contributed by atoms with Crippen molar-refractivity contribution >= 4 is 0 Å². The predicted molar refractivity (Wildman–Crippen MR) is 84.7 cm³/mol. The van der Waals surface area contributed by atoms with Crippen molar-refractivity contribution in [2.24, 2.45) is 0 Å². The van der Waals surface area contributed by atoms with Crippen molar-refractivity contribution in [2.45, 2.75) is 64.6 Å². The number of nitrogens with zero attached hydrogens (tertiary/aromatic N) is 2. The first-order valence-corrected chi connectivity index (χ1v) is 8.12. The molecule has 0 aliphatic carbocycles. The molecule has 0 saturated carbocycles. The molecule has 1 fully saturated rings. The van der Waals surface area contributed by atoms with Crippen molar-refractivity contribution in [1.29, 1.82) is 0 Å². The van der Waals surface area contributed by atoms with Crippen LogP contribution in [-0.4, -0.2) is 34.6 Å². The summed E-state index contributed by atoms with van der Waals surface area (Å²) in [6.45, 7) is 10.1. The summed E-state index contributed by atoms with van der Waals surface area (Å²) < 4.78 is 0. The van der Waals surface area contributed by atoms with Crippen molar-refractivity contribution in [3.8, 4) is 0 Å². The van der Waals surface area contributed by atoms with Crippen molar-refractivity contribution in [3.05, 3.63) is 30.1 Å². The van der Waals surface area contributed by atoms with E-state index in [1.54, 1.807) is 0 Å². The van der Waals surface area contributed by atoms with Crippen molar-refractivity contribution in [1.82, 2.24) is 15.2 Å². The van der Waals surface area contributed by atoms with E-state index in [9.17, 15) is 0 Å². The highest BCUT2D eigenvalue weighted by Crippen LogP contribution is 2.29. The van der Waals surface area contributed by atoms with Crippen LogP contribution in [-0.2, 0) is 6.54 Å². The van der Waals surface area contributed by atoms with Crippen molar-refractivity contribution in [2.75, 3.05) is 13.1 Å². The van der Waals surface area contributed by atoms with E-state index in [-0.39, 0.29) is 0 Å². The molecule has 0 radical (unpaired) electrons. The second kappa shape index (κ2) is 7.19. The van der Waals surface area contributed by atoms with Gasteiger partial charge >= 0.3 is 0 Å².